The van der Waals surface area contributed by atoms with E-state index in [4.69, 9.17) is 0 Å². The predicted molar refractivity (Wildman–Crippen MR) is 94.8 cm³/mol. The fourth-order valence-corrected chi connectivity index (χ4v) is 2.82. The van der Waals surface area contributed by atoms with E-state index in [-0.39, 0.29) is 0 Å². The molecule has 4 heteroatoms. The summed E-state index contributed by atoms with van der Waals surface area (Å²) >= 11 is 0. The summed E-state index contributed by atoms with van der Waals surface area (Å²) in [5, 5.41) is 0. The molecule has 2 nitrogen and oxygen atoms in total. The summed E-state index contributed by atoms with van der Waals surface area (Å²) in [5.41, 5.74) is 3.81. The molecule has 0 aliphatic carbocycles. The van der Waals surface area contributed by atoms with Crippen LogP contribution in [0.3, 0.4) is 0 Å². The Morgan fingerprint density at radius 3 is 1.80 bits per heavy atom. The highest BCUT2D eigenvalue weighted by molar-refractivity contribution is 5.81. The average molecular weight is 332 g/mol. The van der Waals surface area contributed by atoms with Crippen LogP contribution in [0, 0.1) is 11.6 Å². The number of aromatic nitrogens is 2. The molecule has 25 heavy (non-hydrogen) atoms. The van der Waals surface area contributed by atoms with E-state index in [9.17, 15) is 8.78 Å². The second kappa shape index (κ2) is 6.32. The molecule has 0 saturated heterocycles. The van der Waals surface area contributed by atoms with Crippen molar-refractivity contribution in [2.45, 2.75) is 0 Å². The maximum absolute atomic E-state index is 13.6. The largest absolute Gasteiger partial charge is 0.337 e. The van der Waals surface area contributed by atoms with Gasteiger partial charge >= 0.3 is 0 Å². The number of nitrogens with one attached hydrogen (secondary N) is 1. The summed E-state index contributed by atoms with van der Waals surface area (Å²) in [7, 11) is 0. The van der Waals surface area contributed by atoms with Gasteiger partial charge in [0.05, 0.1) is 11.4 Å². The van der Waals surface area contributed by atoms with E-state index in [2.05, 4.69) is 9.97 Å². The Morgan fingerprint density at radius 2 is 1.20 bits per heavy atom. The second-order valence-electron chi connectivity index (χ2n) is 5.70. The van der Waals surface area contributed by atoms with Crippen molar-refractivity contribution in [3.05, 3.63) is 90.5 Å². The molecule has 0 spiro atoms. The van der Waals surface area contributed by atoms with Crippen LogP contribution in [0.4, 0.5) is 8.78 Å². The van der Waals surface area contributed by atoms with Crippen LogP contribution in [-0.4, -0.2) is 9.97 Å². The first-order valence-corrected chi connectivity index (χ1v) is 7.88. The molecule has 0 atom stereocenters. The van der Waals surface area contributed by atoms with Crippen molar-refractivity contribution in [2.24, 2.45) is 0 Å². The van der Waals surface area contributed by atoms with Crippen molar-refractivity contribution in [1.82, 2.24) is 9.97 Å². The molecule has 1 heterocycles. The van der Waals surface area contributed by atoms with Crippen LogP contribution in [0.15, 0.2) is 78.9 Å². The highest BCUT2D eigenvalue weighted by Crippen LogP contribution is 2.33. The monoisotopic (exact) mass is 332 g/mol. The number of H-pyrrole nitrogens is 1. The number of imidazole rings is 1. The third kappa shape index (κ3) is 3.06. The number of benzene rings is 3. The van der Waals surface area contributed by atoms with Crippen LogP contribution in [0.25, 0.3) is 33.9 Å². The molecule has 3 aromatic carbocycles. The van der Waals surface area contributed by atoms with Gasteiger partial charge in [-0.2, -0.15) is 0 Å². The van der Waals surface area contributed by atoms with Crippen molar-refractivity contribution in [1.29, 1.82) is 0 Å². The SMILES string of the molecule is Fc1cc(F)cc(-c2nc(-c3ccccc3)c(-c3ccccc3)[nH]2)c1. The summed E-state index contributed by atoms with van der Waals surface area (Å²) in [5.74, 6) is -0.834. The lowest BCUT2D eigenvalue weighted by atomic mass is 10.1. The lowest BCUT2D eigenvalue weighted by Crippen LogP contribution is -1.86. The minimum Gasteiger partial charge on any atom is -0.337 e. The van der Waals surface area contributed by atoms with Crippen LogP contribution in [0.5, 0.6) is 0 Å². The maximum atomic E-state index is 13.6. The van der Waals surface area contributed by atoms with Crippen LogP contribution < -0.4 is 0 Å². The van der Waals surface area contributed by atoms with Gasteiger partial charge in [-0.15, -0.1) is 0 Å². The number of rotatable bonds is 3. The lowest BCUT2D eigenvalue weighted by Gasteiger charge is -2.02. The summed E-state index contributed by atoms with van der Waals surface area (Å²) in [6.07, 6.45) is 0. The Kier molecular flexibility index (Phi) is 3.86. The van der Waals surface area contributed by atoms with E-state index in [1.807, 2.05) is 60.7 Å². The fourth-order valence-electron chi connectivity index (χ4n) is 2.82. The number of hydrogen-bond donors (Lipinski definition) is 1. The fraction of sp³-hybridized carbons (Fsp3) is 0. The number of nitrogens with zero attached hydrogens (tertiary/aromatic N) is 1. The zero-order valence-electron chi connectivity index (χ0n) is 13.2. The molecule has 0 bridgehead atoms. The number of aromatic amines is 1. The molecule has 4 rings (SSSR count). The van der Waals surface area contributed by atoms with E-state index < -0.39 is 11.6 Å². The summed E-state index contributed by atoms with van der Waals surface area (Å²) in [6.45, 7) is 0. The van der Waals surface area contributed by atoms with Gasteiger partial charge in [-0.25, -0.2) is 13.8 Å². The summed E-state index contributed by atoms with van der Waals surface area (Å²) in [6, 6.07) is 22.8. The molecule has 0 aliphatic rings. The van der Waals surface area contributed by atoms with E-state index in [1.54, 1.807) is 0 Å². The smallest absolute Gasteiger partial charge is 0.138 e. The van der Waals surface area contributed by atoms with E-state index >= 15 is 0 Å². The normalized spacial score (nSPS) is 10.8. The van der Waals surface area contributed by atoms with Gasteiger partial charge < -0.3 is 4.98 Å². The first-order valence-electron chi connectivity index (χ1n) is 7.88. The van der Waals surface area contributed by atoms with Crippen molar-refractivity contribution in [3.8, 4) is 33.9 Å². The molecule has 122 valence electrons. The molecule has 0 saturated carbocycles. The molecule has 0 amide bonds. The van der Waals surface area contributed by atoms with Gasteiger partial charge in [0, 0.05) is 22.8 Å². The molecule has 0 fully saturated rings. The van der Waals surface area contributed by atoms with Crippen molar-refractivity contribution in [2.75, 3.05) is 0 Å². The van der Waals surface area contributed by atoms with Gasteiger partial charge in [0.1, 0.15) is 17.5 Å². The van der Waals surface area contributed by atoms with Gasteiger partial charge in [0.2, 0.25) is 0 Å². The van der Waals surface area contributed by atoms with E-state index in [1.165, 1.54) is 12.1 Å². The van der Waals surface area contributed by atoms with Crippen LogP contribution in [0.2, 0.25) is 0 Å². The molecule has 1 N–H and O–H groups in total. The Balaban J connectivity index is 1.92. The number of halogens is 2. The summed E-state index contributed by atoms with van der Waals surface area (Å²) < 4.78 is 27.2. The van der Waals surface area contributed by atoms with Crippen molar-refractivity contribution < 1.29 is 8.78 Å². The van der Waals surface area contributed by atoms with E-state index in [0.29, 0.717) is 11.4 Å². The standard InChI is InChI=1S/C21H14F2N2/c22-17-11-16(12-18(23)13-17)21-24-19(14-7-3-1-4-8-14)20(25-21)15-9-5-2-6-10-15/h1-13H,(H,24,25). The predicted octanol–water partition coefficient (Wildman–Crippen LogP) is 5.69. The third-order valence-corrected chi connectivity index (χ3v) is 3.95. The Morgan fingerprint density at radius 1 is 0.640 bits per heavy atom. The highest BCUT2D eigenvalue weighted by atomic mass is 19.1. The Labute approximate surface area is 143 Å². The lowest BCUT2D eigenvalue weighted by molar-refractivity contribution is 0.584. The second-order valence-corrected chi connectivity index (χ2v) is 5.70. The molecule has 0 unspecified atom stereocenters. The molecule has 1 aromatic heterocycles. The third-order valence-electron chi connectivity index (χ3n) is 3.95. The molecule has 0 radical (unpaired) electrons. The van der Waals surface area contributed by atoms with Crippen molar-refractivity contribution >= 4 is 0 Å². The van der Waals surface area contributed by atoms with Crippen LogP contribution in [0.1, 0.15) is 0 Å². The first kappa shape index (κ1) is 15.3. The number of hydrogen-bond acceptors (Lipinski definition) is 1. The quantitative estimate of drug-likeness (QED) is 0.513. The van der Waals surface area contributed by atoms with E-state index in [0.717, 1.165) is 28.6 Å². The van der Waals surface area contributed by atoms with Gasteiger partial charge in [0.15, 0.2) is 0 Å². The first-order chi connectivity index (χ1) is 12.2. The minimum atomic E-state index is -0.631. The maximum Gasteiger partial charge on any atom is 0.138 e. The Hall–Kier alpha value is -3.27. The van der Waals surface area contributed by atoms with Gasteiger partial charge in [-0.3, -0.25) is 0 Å². The Bertz CT molecular complexity index is 932. The van der Waals surface area contributed by atoms with Crippen molar-refractivity contribution in [3.63, 3.8) is 0 Å². The summed E-state index contributed by atoms with van der Waals surface area (Å²) in [4.78, 5) is 7.84. The molecular weight excluding hydrogens is 318 g/mol. The van der Waals surface area contributed by atoms with Gasteiger partial charge in [-0.05, 0) is 12.1 Å². The zero-order chi connectivity index (χ0) is 17.2. The molecule has 4 aromatic rings. The average Bonchev–Trinajstić information content (AvgIpc) is 3.08. The minimum absolute atomic E-state index is 0.372. The molecule has 0 aliphatic heterocycles. The topological polar surface area (TPSA) is 28.7 Å². The van der Waals surface area contributed by atoms with Crippen LogP contribution >= 0.6 is 0 Å². The highest BCUT2D eigenvalue weighted by Gasteiger charge is 2.16. The molecular formula is C21H14F2N2. The van der Waals surface area contributed by atoms with Crippen LogP contribution in [-0.2, 0) is 0 Å². The van der Waals surface area contributed by atoms with Gasteiger partial charge in [0.25, 0.3) is 0 Å². The van der Waals surface area contributed by atoms with Gasteiger partial charge in [-0.1, -0.05) is 60.7 Å². The zero-order valence-corrected chi connectivity index (χ0v) is 13.2.